The van der Waals surface area contributed by atoms with Crippen molar-refractivity contribution in [1.82, 2.24) is 4.90 Å². The molecule has 0 spiro atoms. The van der Waals surface area contributed by atoms with E-state index in [1.165, 1.54) is 31.2 Å². The van der Waals surface area contributed by atoms with Crippen molar-refractivity contribution in [3.05, 3.63) is 29.8 Å². The second kappa shape index (κ2) is 7.81. The van der Waals surface area contributed by atoms with Crippen LogP contribution in [0.25, 0.3) is 0 Å². The van der Waals surface area contributed by atoms with Crippen LogP contribution >= 0.6 is 0 Å². The van der Waals surface area contributed by atoms with E-state index in [1.54, 1.807) is 0 Å². The number of ether oxygens (including phenoxy) is 1. The third-order valence-corrected chi connectivity index (χ3v) is 4.44. The third-order valence-electron chi connectivity index (χ3n) is 4.44. The first-order valence-electron chi connectivity index (χ1n) is 8.26. The summed E-state index contributed by atoms with van der Waals surface area (Å²) < 4.78 is 5.79. The summed E-state index contributed by atoms with van der Waals surface area (Å²) in [7, 11) is 2.23. The van der Waals surface area contributed by atoms with E-state index in [-0.39, 0.29) is 6.10 Å². The van der Waals surface area contributed by atoms with Crippen molar-refractivity contribution < 1.29 is 4.74 Å². The highest BCUT2D eigenvalue weighted by Crippen LogP contribution is 2.28. The first-order chi connectivity index (χ1) is 10.1. The largest absolute Gasteiger partial charge is 0.491 e. The molecule has 1 aromatic rings. The summed E-state index contributed by atoms with van der Waals surface area (Å²) in [5.41, 5.74) is 7.27. The van der Waals surface area contributed by atoms with E-state index in [9.17, 15) is 0 Å². The van der Waals surface area contributed by atoms with Crippen molar-refractivity contribution in [2.24, 2.45) is 11.7 Å². The zero-order valence-electron chi connectivity index (χ0n) is 13.7. The fraction of sp³-hybridized carbons (Fsp3) is 0.667. The molecule has 0 aliphatic heterocycles. The fourth-order valence-electron chi connectivity index (χ4n) is 3.44. The van der Waals surface area contributed by atoms with E-state index in [2.05, 4.69) is 44.0 Å². The van der Waals surface area contributed by atoms with Crippen molar-refractivity contribution in [3.8, 4) is 5.75 Å². The van der Waals surface area contributed by atoms with Gasteiger partial charge in [-0.05, 0) is 63.9 Å². The number of hydrogen-bond acceptors (Lipinski definition) is 3. The van der Waals surface area contributed by atoms with Crippen molar-refractivity contribution in [3.63, 3.8) is 0 Å². The molecular formula is C18H30N2O. The average Bonchev–Trinajstić information content (AvgIpc) is 2.46. The molecule has 0 amide bonds. The molecule has 1 aromatic carbocycles. The van der Waals surface area contributed by atoms with Gasteiger partial charge in [-0.3, -0.25) is 4.90 Å². The van der Waals surface area contributed by atoms with Crippen molar-refractivity contribution in [2.75, 3.05) is 13.6 Å². The van der Waals surface area contributed by atoms with Crippen LogP contribution in [0.3, 0.4) is 0 Å². The molecule has 1 aliphatic rings. The Morgan fingerprint density at radius 1 is 1.29 bits per heavy atom. The van der Waals surface area contributed by atoms with Crippen molar-refractivity contribution >= 4 is 0 Å². The Hall–Kier alpha value is -1.06. The Bertz CT molecular complexity index is 433. The van der Waals surface area contributed by atoms with Crippen LogP contribution < -0.4 is 10.5 Å². The molecule has 0 saturated heterocycles. The molecule has 1 aliphatic carbocycles. The molecule has 0 heterocycles. The summed E-state index contributed by atoms with van der Waals surface area (Å²) in [6, 6.07) is 9.09. The lowest BCUT2D eigenvalue weighted by Gasteiger charge is -2.37. The lowest BCUT2D eigenvalue weighted by atomic mass is 9.83. The first kappa shape index (κ1) is 16.3. The maximum Gasteiger partial charge on any atom is 0.120 e. The third kappa shape index (κ3) is 4.72. The van der Waals surface area contributed by atoms with Gasteiger partial charge in [0.05, 0.1) is 6.10 Å². The van der Waals surface area contributed by atoms with Crippen LogP contribution in [-0.2, 0) is 6.54 Å². The van der Waals surface area contributed by atoms with Gasteiger partial charge in [0.15, 0.2) is 0 Å². The van der Waals surface area contributed by atoms with Gasteiger partial charge in [-0.2, -0.15) is 0 Å². The van der Waals surface area contributed by atoms with E-state index in [0.717, 1.165) is 18.8 Å². The van der Waals surface area contributed by atoms with Crippen LogP contribution in [0.2, 0.25) is 0 Å². The Labute approximate surface area is 129 Å². The number of rotatable bonds is 6. The van der Waals surface area contributed by atoms with Gasteiger partial charge < -0.3 is 10.5 Å². The molecule has 21 heavy (non-hydrogen) atoms. The minimum atomic E-state index is 0.220. The molecule has 118 valence electrons. The van der Waals surface area contributed by atoms with Gasteiger partial charge in [0.1, 0.15) is 5.75 Å². The minimum absolute atomic E-state index is 0.220. The second-order valence-electron chi connectivity index (χ2n) is 6.58. The molecule has 3 nitrogen and oxygen atoms in total. The fourth-order valence-corrected chi connectivity index (χ4v) is 3.44. The van der Waals surface area contributed by atoms with Crippen LogP contribution in [0.4, 0.5) is 0 Å². The Kier molecular flexibility index (Phi) is 6.07. The predicted octanol–water partition coefficient (Wildman–Crippen LogP) is 3.42. The standard InChI is InChI=1S/C18H30N2O/c1-14(2)21-17-9-6-7-15(11-17)13-20(3)18-10-5-4-8-16(18)12-19/h6-7,9,11,14,16,18H,4-5,8,10,12-13,19H2,1-3H3. The smallest absolute Gasteiger partial charge is 0.120 e. The highest BCUT2D eigenvalue weighted by molar-refractivity contribution is 5.28. The molecule has 2 atom stereocenters. The summed E-state index contributed by atoms with van der Waals surface area (Å²) in [4.78, 5) is 2.48. The van der Waals surface area contributed by atoms with Gasteiger partial charge in [-0.15, -0.1) is 0 Å². The molecule has 1 fully saturated rings. The molecule has 2 unspecified atom stereocenters. The molecule has 0 bridgehead atoms. The predicted molar refractivity (Wildman–Crippen MR) is 88.5 cm³/mol. The molecule has 1 saturated carbocycles. The van der Waals surface area contributed by atoms with Gasteiger partial charge in [-0.1, -0.05) is 25.0 Å². The van der Waals surface area contributed by atoms with Gasteiger partial charge in [0.25, 0.3) is 0 Å². The van der Waals surface area contributed by atoms with Crippen molar-refractivity contribution in [2.45, 2.75) is 58.2 Å². The minimum Gasteiger partial charge on any atom is -0.491 e. The van der Waals surface area contributed by atoms with Gasteiger partial charge in [-0.25, -0.2) is 0 Å². The molecule has 3 heteroatoms. The second-order valence-corrected chi connectivity index (χ2v) is 6.58. The monoisotopic (exact) mass is 290 g/mol. The Balaban J connectivity index is 1.99. The van der Waals surface area contributed by atoms with E-state index in [1.807, 2.05) is 6.07 Å². The van der Waals surface area contributed by atoms with E-state index < -0.39 is 0 Å². The zero-order chi connectivity index (χ0) is 15.2. The van der Waals surface area contributed by atoms with Gasteiger partial charge in [0.2, 0.25) is 0 Å². The van der Waals surface area contributed by atoms with E-state index in [0.29, 0.717) is 12.0 Å². The molecule has 0 aromatic heterocycles. The summed E-state index contributed by atoms with van der Waals surface area (Å²) in [5, 5.41) is 0. The maximum absolute atomic E-state index is 5.96. The van der Waals surface area contributed by atoms with Crippen LogP contribution in [0.1, 0.15) is 45.1 Å². The van der Waals surface area contributed by atoms with Gasteiger partial charge in [0, 0.05) is 12.6 Å². The van der Waals surface area contributed by atoms with E-state index in [4.69, 9.17) is 10.5 Å². The molecular weight excluding hydrogens is 260 g/mol. The quantitative estimate of drug-likeness (QED) is 0.872. The summed E-state index contributed by atoms with van der Waals surface area (Å²) >= 11 is 0. The zero-order valence-corrected chi connectivity index (χ0v) is 13.7. The van der Waals surface area contributed by atoms with Crippen LogP contribution in [0.15, 0.2) is 24.3 Å². The van der Waals surface area contributed by atoms with E-state index >= 15 is 0 Å². The van der Waals surface area contributed by atoms with Crippen LogP contribution in [0, 0.1) is 5.92 Å². The number of hydrogen-bond donors (Lipinski definition) is 1. The SMILES string of the molecule is CC(C)Oc1cccc(CN(C)C2CCCCC2CN)c1. The normalized spacial score (nSPS) is 22.8. The maximum atomic E-state index is 5.96. The number of benzene rings is 1. The van der Waals surface area contributed by atoms with Gasteiger partial charge >= 0.3 is 0 Å². The average molecular weight is 290 g/mol. The highest BCUT2D eigenvalue weighted by Gasteiger charge is 2.27. The molecule has 2 rings (SSSR count). The van der Waals surface area contributed by atoms with Crippen molar-refractivity contribution in [1.29, 1.82) is 0 Å². The highest BCUT2D eigenvalue weighted by atomic mass is 16.5. The number of nitrogens with zero attached hydrogens (tertiary/aromatic N) is 1. The summed E-state index contributed by atoms with van der Waals surface area (Å²) in [6.07, 6.45) is 5.45. The topological polar surface area (TPSA) is 38.5 Å². The number of nitrogens with two attached hydrogens (primary N) is 1. The van der Waals surface area contributed by atoms with Crippen LogP contribution in [-0.4, -0.2) is 30.6 Å². The first-order valence-corrected chi connectivity index (χ1v) is 8.26. The van der Waals surface area contributed by atoms with Crippen LogP contribution in [0.5, 0.6) is 5.75 Å². The molecule has 2 N–H and O–H groups in total. The Morgan fingerprint density at radius 3 is 2.76 bits per heavy atom. The lowest BCUT2D eigenvalue weighted by Crippen LogP contribution is -2.42. The summed E-state index contributed by atoms with van der Waals surface area (Å²) in [6.45, 7) is 5.90. The molecule has 0 radical (unpaired) electrons. The summed E-state index contributed by atoms with van der Waals surface area (Å²) in [5.74, 6) is 1.62. The Morgan fingerprint density at radius 2 is 2.05 bits per heavy atom. The lowest BCUT2D eigenvalue weighted by molar-refractivity contribution is 0.127.